The molecule has 0 saturated carbocycles. The van der Waals surface area contributed by atoms with Gasteiger partial charge in [-0.05, 0) is 29.7 Å². The fourth-order valence-corrected chi connectivity index (χ4v) is 3.36. The van der Waals surface area contributed by atoms with E-state index in [2.05, 4.69) is 15.5 Å². The standard InChI is InChI=1S/C20H23N3O3S/c24-19(16-5-2-1-3-6-16)22-18(15-17-7-4-14-27-17)20(25)21-8-9-23-10-12-26-13-11-23/h1-7,14-15H,8-13H2,(H,21,25)(H,22,24). The second-order valence-corrected chi connectivity index (χ2v) is 7.08. The molecule has 3 rings (SSSR count). The van der Waals surface area contributed by atoms with Crippen LogP contribution < -0.4 is 10.6 Å². The predicted octanol–water partition coefficient (Wildman–Crippen LogP) is 1.97. The van der Waals surface area contributed by atoms with Crippen LogP contribution >= 0.6 is 11.3 Å². The second-order valence-electron chi connectivity index (χ2n) is 6.10. The molecule has 1 saturated heterocycles. The van der Waals surface area contributed by atoms with E-state index < -0.39 is 0 Å². The van der Waals surface area contributed by atoms with Gasteiger partial charge in [-0.15, -0.1) is 11.3 Å². The number of nitrogens with zero attached hydrogens (tertiary/aromatic N) is 1. The number of morpholine rings is 1. The van der Waals surface area contributed by atoms with Gasteiger partial charge in [-0.1, -0.05) is 24.3 Å². The number of rotatable bonds is 7. The third kappa shape index (κ3) is 6.02. The van der Waals surface area contributed by atoms with E-state index in [1.54, 1.807) is 30.3 Å². The molecule has 0 atom stereocenters. The van der Waals surface area contributed by atoms with Crippen molar-refractivity contribution in [3.8, 4) is 0 Å². The number of nitrogens with one attached hydrogen (secondary N) is 2. The van der Waals surface area contributed by atoms with Gasteiger partial charge in [0, 0.05) is 36.6 Å². The van der Waals surface area contributed by atoms with Crippen LogP contribution in [0.4, 0.5) is 0 Å². The van der Waals surface area contributed by atoms with E-state index in [1.165, 1.54) is 11.3 Å². The molecule has 2 aromatic rings. The number of carbonyl (C=O) groups excluding carboxylic acids is 2. The molecule has 0 radical (unpaired) electrons. The first kappa shape index (κ1) is 19.3. The lowest BCUT2D eigenvalue weighted by molar-refractivity contribution is -0.117. The van der Waals surface area contributed by atoms with Gasteiger partial charge in [0.2, 0.25) is 0 Å². The highest BCUT2D eigenvalue weighted by Crippen LogP contribution is 2.13. The first-order chi connectivity index (χ1) is 13.2. The van der Waals surface area contributed by atoms with Crippen molar-refractivity contribution >= 4 is 29.2 Å². The molecule has 0 aliphatic carbocycles. The van der Waals surface area contributed by atoms with Crippen LogP contribution in [-0.4, -0.2) is 56.1 Å². The van der Waals surface area contributed by atoms with Gasteiger partial charge in [0.05, 0.1) is 13.2 Å². The Hall–Kier alpha value is -2.48. The lowest BCUT2D eigenvalue weighted by atomic mass is 10.2. The lowest BCUT2D eigenvalue weighted by Crippen LogP contribution is -2.42. The Morgan fingerprint density at radius 2 is 1.89 bits per heavy atom. The Balaban J connectivity index is 1.62. The summed E-state index contributed by atoms with van der Waals surface area (Å²) < 4.78 is 5.33. The van der Waals surface area contributed by atoms with Crippen LogP contribution in [0.1, 0.15) is 15.2 Å². The van der Waals surface area contributed by atoms with Crippen molar-refractivity contribution in [1.29, 1.82) is 0 Å². The highest BCUT2D eigenvalue weighted by Gasteiger charge is 2.15. The highest BCUT2D eigenvalue weighted by molar-refractivity contribution is 7.10. The molecule has 2 heterocycles. The van der Waals surface area contributed by atoms with Gasteiger partial charge in [0.15, 0.2) is 0 Å². The predicted molar refractivity (Wildman–Crippen MR) is 106 cm³/mol. The first-order valence-corrected chi connectivity index (χ1v) is 9.80. The van der Waals surface area contributed by atoms with Gasteiger partial charge < -0.3 is 15.4 Å². The summed E-state index contributed by atoms with van der Waals surface area (Å²) in [5.74, 6) is -0.595. The summed E-state index contributed by atoms with van der Waals surface area (Å²) in [5.41, 5.74) is 0.754. The van der Waals surface area contributed by atoms with Crippen molar-refractivity contribution < 1.29 is 14.3 Å². The maximum absolute atomic E-state index is 12.6. The van der Waals surface area contributed by atoms with E-state index in [0.717, 1.165) is 37.7 Å². The van der Waals surface area contributed by atoms with Gasteiger partial charge in [-0.2, -0.15) is 0 Å². The molecule has 1 fully saturated rings. The van der Waals surface area contributed by atoms with E-state index in [1.807, 2.05) is 23.6 Å². The number of thiophene rings is 1. The monoisotopic (exact) mass is 385 g/mol. The summed E-state index contributed by atoms with van der Waals surface area (Å²) in [6.07, 6.45) is 1.70. The van der Waals surface area contributed by atoms with Crippen molar-refractivity contribution in [2.75, 3.05) is 39.4 Å². The van der Waals surface area contributed by atoms with Crippen LogP contribution in [0, 0.1) is 0 Å². The maximum Gasteiger partial charge on any atom is 0.267 e. The van der Waals surface area contributed by atoms with Crippen LogP contribution in [0.15, 0.2) is 53.5 Å². The van der Waals surface area contributed by atoms with Crippen LogP contribution in [0.5, 0.6) is 0 Å². The van der Waals surface area contributed by atoms with E-state index >= 15 is 0 Å². The SMILES string of the molecule is O=C(NCCN1CCOCC1)C(=Cc1cccs1)NC(=O)c1ccccc1. The van der Waals surface area contributed by atoms with Gasteiger partial charge in [0.1, 0.15) is 5.70 Å². The minimum absolute atomic E-state index is 0.244. The van der Waals surface area contributed by atoms with Crippen LogP contribution in [0.25, 0.3) is 6.08 Å². The summed E-state index contributed by atoms with van der Waals surface area (Å²) >= 11 is 1.51. The molecule has 1 aliphatic heterocycles. The van der Waals surface area contributed by atoms with E-state index in [4.69, 9.17) is 4.74 Å². The summed E-state index contributed by atoms with van der Waals surface area (Å²) in [7, 11) is 0. The molecule has 7 heteroatoms. The van der Waals surface area contributed by atoms with E-state index in [-0.39, 0.29) is 17.5 Å². The Kier molecular flexibility index (Phi) is 7.15. The highest BCUT2D eigenvalue weighted by atomic mass is 32.1. The fourth-order valence-electron chi connectivity index (χ4n) is 2.71. The Labute approximate surface area is 162 Å². The Morgan fingerprint density at radius 3 is 2.59 bits per heavy atom. The van der Waals surface area contributed by atoms with Gasteiger partial charge >= 0.3 is 0 Å². The molecule has 2 N–H and O–H groups in total. The summed E-state index contributed by atoms with van der Waals surface area (Å²) in [6.45, 7) is 4.47. The van der Waals surface area contributed by atoms with Crippen molar-refractivity contribution in [2.45, 2.75) is 0 Å². The topological polar surface area (TPSA) is 70.7 Å². The second kappa shape index (κ2) is 10.0. The molecule has 27 heavy (non-hydrogen) atoms. The van der Waals surface area contributed by atoms with Crippen LogP contribution in [0.3, 0.4) is 0 Å². The summed E-state index contributed by atoms with van der Waals surface area (Å²) in [6, 6.07) is 12.7. The number of hydrogen-bond acceptors (Lipinski definition) is 5. The normalized spacial score (nSPS) is 15.3. The quantitative estimate of drug-likeness (QED) is 0.715. The van der Waals surface area contributed by atoms with Crippen molar-refractivity contribution in [3.63, 3.8) is 0 Å². The smallest absolute Gasteiger partial charge is 0.267 e. The van der Waals surface area contributed by atoms with Crippen LogP contribution in [-0.2, 0) is 9.53 Å². The van der Waals surface area contributed by atoms with Crippen LogP contribution in [0.2, 0.25) is 0 Å². The fraction of sp³-hybridized carbons (Fsp3) is 0.300. The number of amides is 2. The summed E-state index contributed by atoms with van der Waals surface area (Å²) in [5, 5.41) is 7.57. The third-order valence-corrected chi connectivity index (χ3v) is 5.00. The molecule has 142 valence electrons. The van der Waals surface area contributed by atoms with Crippen molar-refractivity contribution in [3.05, 3.63) is 64.0 Å². The number of carbonyl (C=O) groups is 2. The number of ether oxygens (including phenoxy) is 1. The maximum atomic E-state index is 12.6. The summed E-state index contributed by atoms with van der Waals surface area (Å²) in [4.78, 5) is 28.3. The zero-order chi connectivity index (χ0) is 18.9. The molecular weight excluding hydrogens is 362 g/mol. The van der Waals surface area contributed by atoms with Gasteiger partial charge in [0.25, 0.3) is 11.8 Å². The molecular formula is C20H23N3O3S. The van der Waals surface area contributed by atoms with Crippen molar-refractivity contribution in [1.82, 2.24) is 15.5 Å². The average molecular weight is 385 g/mol. The minimum atomic E-state index is -0.304. The largest absolute Gasteiger partial charge is 0.379 e. The van der Waals surface area contributed by atoms with Crippen molar-refractivity contribution in [2.24, 2.45) is 0 Å². The van der Waals surface area contributed by atoms with Gasteiger partial charge in [-0.25, -0.2) is 0 Å². The third-order valence-electron chi connectivity index (χ3n) is 4.18. The van der Waals surface area contributed by atoms with E-state index in [9.17, 15) is 9.59 Å². The zero-order valence-corrected chi connectivity index (χ0v) is 15.8. The Bertz CT molecular complexity index is 769. The molecule has 2 amide bonds. The Morgan fingerprint density at radius 1 is 1.11 bits per heavy atom. The number of benzene rings is 1. The molecule has 1 aliphatic rings. The molecule has 0 bridgehead atoms. The minimum Gasteiger partial charge on any atom is -0.379 e. The lowest BCUT2D eigenvalue weighted by Gasteiger charge is -2.26. The number of hydrogen-bond donors (Lipinski definition) is 2. The molecule has 1 aromatic heterocycles. The first-order valence-electron chi connectivity index (χ1n) is 8.92. The molecule has 1 aromatic carbocycles. The van der Waals surface area contributed by atoms with E-state index in [0.29, 0.717) is 12.1 Å². The molecule has 0 spiro atoms. The zero-order valence-electron chi connectivity index (χ0n) is 15.0. The van der Waals surface area contributed by atoms with Gasteiger partial charge in [-0.3, -0.25) is 14.5 Å². The molecule has 0 unspecified atom stereocenters. The molecule has 6 nitrogen and oxygen atoms in total. The average Bonchev–Trinajstić information content (AvgIpc) is 3.22.